The van der Waals surface area contributed by atoms with Crippen molar-refractivity contribution in [3.8, 4) is 5.75 Å². The SMILES string of the molecule is COc1cc(NC(=O)/C=C/c2ccc(F)cc2[N+](=O)[O-])ccc1N1CCCC1=O. The number of methoxy groups -OCH3 is 1. The number of nitrogens with one attached hydrogen (secondary N) is 1. The summed E-state index contributed by atoms with van der Waals surface area (Å²) in [5, 5.41) is 13.6. The third-order valence-electron chi connectivity index (χ3n) is 4.41. The van der Waals surface area contributed by atoms with Crippen LogP contribution in [-0.4, -0.2) is 30.4 Å². The van der Waals surface area contributed by atoms with E-state index >= 15 is 0 Å². The van der Waals surface area contributed by atoms with Crippen molar-refractivity contribution < 1.29 is 23.6 Å². The van der Waals surface area contributed by atoms with Crippen LogP contribution in [0.1, 0.15) is 18.4 Å². The van der Waals surface area contributed by atoms with Crippen molar-refractivity contribution in [2.24, 2.45) is 0 Å². The molecular weight excluding hydrogens is 381 g/mol. The molecule has 1 N–H and O–H groups in total. The number of nitro benzene ring substituents is 1. The summed E-state index contributed by atoms with van der Waals surface area (Å²) >= 11 is 0. The van der Waals surface area contributed by atoms with E-state index in [2.05, 4.69) is 5.32 Å². The van der Waals surface area contributed by atoms with Crippen LogP contribution in [0.15, 0.2) is 42.5 Å². The Bertz CT molecular complexity index is 1010. The van der Waals surface area contributed by atoms with Crippen LogP contribution in [0.25, 0.3) is 6.08 Å². The van der Waals surface area contributed by atoms with E-state index in [0.717, 1.165) is 24.6 Å². The largest absolute Gasteiger partial charge is 0.494 e. The molecule has 2 amide bonds. The van der Waals surface area contributed by atoms with Gasteiger partial charge < -0.3 is 15.0 Å². The van der Waals surface area contributed by atoms with E-state index in [-0.39, 0.29) is 11.5 Å². The van der Waals surface area contributed by atoms with Crippen molar-refractivity contribution in [3.05, 3.63) is 64.0 Å². The number of hydrogen-bond acceptors (Lipinski definition) is 5. The van der Waals surface area contributed by atoms with Crippen molar-refractivity contribution in [2.75, 3.05) is 23.9 Å². The molecule has 1 heterocycles. The van der Waals surface area contributed by atoms with Crippen molar-refractivity contribution in [2.45, 2.75) is 12.8 Å². The van der Waals surface area contributed by atoms with Gasteiger partial charge in [-0.25, -0.2) is 4.39 Å². The van der Waals surface area contributed by atoms with Crippen LogP contribution in [-0.2, 0) is 9.59 Å². The molecule has 9 heteroatoms. The van der Waals surface area contributed by atoms with E-state index < -0.39 is 22.3 Å². The van der Waals surface area contributed by atoms with E-state index in [9.17, 15) is 24.1 Å². The Morgan fingerprint density at radius 3 is 2.76 bits per heavy atom. The minimum Gasteiger partial charge on any atom is -0.494 e. The summed E-state index contributed by atoms with van der Waals surface area (Å²) in [7, 11) is 1.47. The summed E-state index contributed by atoms with van der Waals surface area (Å²) in [6.07, 6.45) is 3.62. The van der Waals surface area contributed by atoms with Crippen LogP contribution in [0.2, 0.25) is 0 Å². The first-order chi connectivity index (χ1) is 13.9. The highest BCUT2D eigenvalue weighted by Crippen LogP contribution is 2.33. The number of nitrogens with zero attached hydrogens (tertiary/aromatic N) is 2. The molecule has 0 saturated carbocycles. The average Bonchev–Trinajstić information content (AvgIpc) is 3.12. The lowest BCUT2D eigenvalue weighted by Gasteiger charge is -2.19. The van der Waals surface area contributed by atoms with Crippen LogP contribution in [0.4, 0.5) is 21.5 Å². The second-order valence-corrected chi connectivity index (χ2v) is 6.32. The quantitative estimate of drug-likeness (QED) is 0.455. The summed E-state index contributed by atoms with van der Waals surface area (Å²) in [5.74, 6) is -0.808. The number of nitro groups is 1. The molecule has 1 aliphatic rings. The fourth-order valence-electron chi connectivity index (χ4n) is 3.05. The maximum Gasteiger partial charge on any atom is 0.279 e. The standard InChI is InChI=1S/C20H18FN3O5/c1-29-18-12-15(7-8-16(18)23-10-2-3-20(23)26)22-19(25)9-5-13-4-6-14(21)11-17(13)24(27)28/h4-9,11-12H,2-3,10H2,1H3,(H,22,25)/b9-5+. The Morgan fingerprint density at radius 1 is 1.31 bits per heavy atom. The van der Waals surface area contributed by atoms with Crippen LogP contribution in [0.5, 0.6) is 5.75 Å². The Balaban J connectivity index is 1.75. The fourth-order valence-corrected chi connectivity index (χ4v) is 3.05. The summed E-state index contributed by atoms with van der Waals surface area (Å²) in [6.45, 7) is 0.611. The summed E-state index contributed by atoms with van der Waals surface area (Å²) in [4.78, 5) is 36.0. The Morgan fingerprint density at radius 2 is 2.10 bits per heavy atom. The highest BCUT2D eigenvalue weighted by Gasteiger charge is 2.24. The first kappa shape index (κ1) is 20.0. The third kappa shape index (κ3) is 4.57. The van der Waals surface area contributed by atoms with Gasteiger partial charge in [0.05, 0.1) is 29.4 Å². The van der Waals surface area contributed by atoms with Gasteiger partial charge in [-0.1, -0.05) is 0 Å². The molecule has 1 saturated heterocycles. The average molecular weight is 399 g/mol. The second-order valence-electron chi connectivity index (χ2n) is 6.32. The lowest BCUT2D eigenvalue weighted by atomic mass is 10.1. The van der Waals surface area contributed by atoms with E-state index in [0.29, 0.717) is 30.1 Å². The first-order valence-corrected chi connectivity index (χ1v) is 8.80. The molecule has 0 radical (unpaired) electrons. The van der Waals surface area contributed by atoms with Crippen LogP contribution >= 0.6 is 0 Å². The number of rotatable bonds is 6. The molecule has 1 fully saturated rings. The number of ether oxygens (including phenoxy) is 1. The van der Waals surface area contributed by atoms with Crippen molar-refractivity contribution in [1.82, 2.24) is 0 Å². The highest BCUT2D eigenvalue weighted by atomic mass is 19.1. The normalized spacial score (nSPS) is 13.7. The number of carbonyl (C=O) groups excluding carboxylic acids is 2. The summed E-state index contributed by atoms with van der Waals surface area (Å²) < 4.78 is 18.5. The fraction of sp³-hybridized carbons (Fsp3) is 0.200. The van der Waals surface area contributed by atoms with Gasteiger partial charge in [0, 0.05) is 30.8 Å². The van der Waals surface area contributed by atoms with Gasteiger partial charge in [-0.2, -0.15) is 0 Å². The smallest absolute Gasteiger partial charge is 0.279 e. The van der Waals surface area contributed by atoms with Crippen LogP contribution in [0, 0.1) is 15.9 Å². The number of halogens is 1. The zero-order chi connectivity index (χ0) is 21.0. The molecule has 0 aromatic heterocycles. The minimum absolute atomic E-state index is 0.0175. The second kappa shape index (κ2) is 8.51. The molecule has 8 nitrogen and oxygen atoms in total. The molecule has 0 spiro atoms. The van der Waals surface area contributed by atoms with Gasteiger partial charge in [0.25, 0.3) is 5.69 Å². The maximum absolute atomic E-state index is 13.2. The molecule has 29 heavy (non-hydrogen) atoms. The van der Waals surface area contributed by atoms with E-state index in [4.69, 9.17) is 4.74 Å². The number of hydrogen-bond donors (Lipinski definition) is 1. The van der Waals surface area contributed by atoms with E-state index in [1.165, 1.54) is 19.3 Å². The molecule has 2 aromatic rings. The van der Waals surface area contributed by atoms with Gasteiger partial charge in [0.2, 0.25) is 11.8 Å². The molecule has 0 aliphatic carbocycles. The molecule has 1 aliphatic heterocycles. The summed E-state index contributed by atoms with van der Waals surface area (Å²) in [6, 6.07) is 8.01. The number of amides is 2. The van der Waals surface area contributed by atoms with Crippen LogP contribution in [0.3, 0.4) is 0 Å². The molecular formula is C20H18FN3O5. The van der Waals surface area contributed by atoms with Crippen LogP contribution < -0.4 is 15.0 Å². The van der Waals surface area contributed by atoms with Gasteiger partial charge in [-0.3, -0.25) is 19.7 Å². The molecule has 0 bridgehead atoms. The Hall–Kier alpha value is -3.75. The molecule has 2 aromatic carbocycles. The topological polar surface area (TPSA) is 102 Å². The molecule has 3 rings (SSSR count). The third-order valence-corrected chi connectivity index (χ3v) is 4.41. The van der Waals surface area contributed by atoms with Gasteiger partial charge in [0.1, 0.15) is 11.6 Å². The van der Waals surface area contributed by atoms with Crippen molar-refractivity contribution in [3.63, 3.8) is 0 Å². The lowest BCUT2D eigenvalue weighted by Crippen LogP contribution is -2.24. The van der Waals surface area contributed by atoms with Gasteiger partial charge >= 0.3 is 0 Å². The zero-order valence-corrected chi connectivity index (χ0v) is 15.6. The molecule has 0 atom stereocenters. The maximum atomic E-state index is 13.2. The summed E-state index contributed by atoms with van der Waals surface area (Å²) in [5.41, 5.74) is 0.730. The predicted molar refractivity (Wildman–Crippen MR) is 105 cm³/mol. The van der Waals surface area contributed by atoms with Gasteiger partial charge in [-0.05, 0) is 36.8 Å². The zero-order valence-electron chi connectivity index (χ0n) is 15.6. The number of anilines is 2. The van der Waals surface area contributed by atoms with Gasteiger partial charge in [-0.15, -0.1) is 0 Å². The minimum atomic E-state index is -0.734. The van der Waals surface area contributed by atoms with Crippen molar-refractivity contribution >= 4 is 35.0 Å². The van der Waals surface area contributed by atoms with E-state index in [1.54, 1.807) is 23.1 Å². The molecule has 0 unspecified atom stereocenters. The monoisotopic (exact) mass is 399 g/mol. The molecule has 150 valence electrons. The Kier molecular flexibility index (Phi) is 5.87. The number of benzene rings is 2. The number of carbonyl (C=O) groups is 2. The van der Waals surface area contributed by atoms with Gasteiger partial charge in [0.15, 0.2) is 0 Å². The Labute approximate surface area is 165 Å². The highest BCUT2D eigenvalue weighted by molar-refractivity contribution is 6.03. The lowest BCUT2D eigenvalue weighted by molar-refractivity contribution is -0.385. The first-order valence-electron chi connectivity index (χ1n) is 8.80. The van der Waals surface area contributed by atoms with E-state index in [1.807, 2.05) is 0 Å². The van der Waals surface area contributed by atoms with Crippen molar-refractivity contribution in [1.29, 1.82) is 0 Å². The predicted octanol–water partition coefficient (Wildman–Crippen LogP) is 3.52.